The SMILES string of the molecule is CN=C(NCC(O)c1cccc(Cl)c1)N1CCc2ccccc21. The monoisotopic (exact) mass is 329 g/mol. The zero-order valence-electron chi connectivity index (χ0n) is 13.0. The molecule has 0 saturated heterocycles. The summed E-state index contributed by atoms with van der Waals surface area (Å²) in [6.07, 6.45) is 0.372. The fraction of sp³-hybridized carbons (Fsp3) is 0.278. The van der Waals surface area contributed by atoms with E-state index in [2.05, 4.69) is 33.4 Å². The molecule has 1 aliphatic heterocycles. The predicted octanol–water partition coefficient (Wildman–Crippen LogP) is 3.01. The van der Waals surface area contributed by atoms with Crippen LogP contribution in [0.4, 0.5) is 5.69 Å². The Hall–Kier alpha value is -2.04. The first-order chi connectivity index (χ1) is 11.2. The number of rotatable bonds is 3. The van der Waals surface area contributed by atoms with Crippen molar-refractivity contribution in [1.29, 1.82) is 0 Å². The van der Waals surface area contributed by atoms with Crippen LogP contribution in [-0.4, -0.2) is 31.2 Å². The van der Waals surface area contributed by atoms with Gasteiger partial charge in [-0.05, 0) is 35.7 Å². The van der Waals surface area contributed by atoms with Crippen LogP contribution in [0.15, 0.2) is 53.5 Å². The minimum Gasteiger partial charge on any atom is -0.387 e. The molecule has 0 aliphatic carbocycles. The standard InChI is InChI=1S/C18H20ClN3O/c1-20-18(22-10-9-13-5-2-3-8-16(13)22)21-12-17(23)14-6-4-7-15(19)11-14/h2-8,11,17,23H,9-10,12H2,1H3,(H,20,21). The molecule has 0 bridgehead atoms. The molecule has 1 heterocycles. The first-order valence-electron chi connectivity index (χ1n) is 7.68. The number of fused-ring (bicyclic) bond motifs is 1. The highest BCUT2D eigenvalue weighted by atomic mass is 35.5. The molecule has 0 aromatic heterocycles. The van der Waals surface area contributed by atoms with Gasteiger partial charge in [0, 0.05) is 30.8 Å². The van der Waals surface area contributed by atoms with Gasteiger partial charge < -0.3 is 15.3 Å². The molecule has 3 rings (SSSR count). The van der Waals surface area contributed by atoms with Gasteiger partial charge in [0.05, 0.1) is 6.10 Å². The third-order valence-electron chi connectivity index (χ3n) is 4.04. The van der Waals surface area contributed by atoms with E-state index in [1.165, 1.54) is 11.3 Å². The van der Waals surface area contributed by atoms with Gasteiger partial charge in [-0.2, -0.15) is 0 Å². The molecular weight excluding hydrogens is 310 g/mol. The van der Waals surface area contributed by atoms with E-state index in [4.69, 9.17) is 11.6 Å². The summed E-state index contributed by atoms with van der Waals surface area (Å²) in [6, 6.07) is 15.6. The molecule has 0 spiro atoms. The molecule has 4 nitrogen and oxygen atoms in total. The van der Waals surface area contributed by atoms with Crippen molar-refractivity contribution in [3.05, 3.63) is 64.7 Å². The van der Waals surface area contributed by atoms with Gasteiger partial charge >= 0.3 is 0 Å². The Morgan fingerprint density at radius 2 is 2.13 bits per heavy atom. The molecule has 0 saturated carbocycles. The summed E-state index contributed by atoms with van der Waals surface area (Å²) in [7, 11) is 1.76. The molecule has 1 unspecified atom stereocenters. The fourth-order valence-electron chi connectivity index (χ4n) is 2.87. The number of guanidine groups is 1. The summed E-state index contributed by atoms with van der Waals surface area (Å²) in [5.74, 6) is 0.774. The van der Waals surface area contributed by atoms with Crippen LogP contribution in [0.25, 0.3) is 0 Å². The summed E-state index contributed by atoms with van der Waals surface area (Å²) in [5, 5.41) is 14.2. The number of nitrogens with one attached hydrogen (secondary N) is 1. The Kier molecular flexibility index (Phi) is 4.84. The van der Waals surface area contributed by atoms with E-state index in [1.807, 2.05) is 18.2 Å². The third kappa shape index (κ3) is 3.49. The van der Waals surface area contributed by atoms with Crippen LogP contribution >= 0.6 is 11.6 Å². The minimum atomic E-state index is -0.636. The lowest BCUT2D eigenvalue weighted by Gasteiger charge is -2.23. The van der Waals surface area contributed by atoms with Crippen molar-refractivity contribution < 1.29 is 5.11 Å². The van der Waals surface area contributed by atoms with E-state index in [0.29, 0.717) is 11.6 Å². The summed E-state index contributed by atoms with van der Waals surface area (Å²) in [5.41, 5.74) is 3.30. The number of hydrogen-bond donors (Lipinski definition) is 2. The second-order valence-corrected chi connectivity index (χ2v) is 5.97. The average Bonchev–Trinajstić information content (AvgIpc) is 2.99. The predicted molar refractivity (Wildman–Crippen MR) is 95.3 cm³/mol. The zero-order valence-corrected chi connectivity index (χ0v) is 13.8. The molecule has 2 N–H and O–H groups in total. The molecule has 0 fully saturated rings. The lowest BCUT2D eigenvalue weighted by atomic mass is 10.1. The van der Waals surface area contributed by atoms with Crippen molar-refractivity contribution in [3.8, 4) is 0 Å². The lowest BCUT2D eigenvalue weighted by molar-refractivity contribution is 0.181. The van der Waals surface area contributed by atoms with Crippen LogP contribution in [0.5, 0.6) is 0 Å². The van der Waals surface area contributed by atoms with Crippen molar-refractivity contribution in [3.63, 3.8) is 0 Å². The van der Waals surface area contributed by atoms with Gasteiger partial charge in [0.2, 0.25) is 0 Å². The summed E-state index contributed by atoms with van der Waals surface area (Å²) < 4.78 is 0. The van der Waals surface area contributed by atoms with Crippen molar-refractivity contribution in [2.24, 2.45) is 4.99 Å². The van der Waals surface area contributed by atoms with Crippen molar-refractivity contribution in [2.75, 3.05) is 25.0 Å². The third-order valence-corrected chi connectivity index (χ3v) is 4.28. The van der Waals surface area contributed by atoms with Crippen LogP contribution in [-0.2, 0) is 6.42 Å². The maximum absolute atomic E-state index is 10.3. The fourth-order valence-corrected chi connectivity index (χ4v) is 3.07. The molecule has 23 heavy (non-hydrogen) atoms. The molecule has 1 atom stereocenters. The van der Waals surface area contributed by atoms with Crippen molar-refractivity contribution >= 4 is 23.2 Å². The molecule has 0 radical (unpaired) electrons. The van der Waals surface area contributed by atoms with Gasteiger partial charge in [-0.25, -0.2) is 0 Å². The first kappa shape index (κ1) is 15.8. The van der Waals surface area contributed by atoms with Crippen LogP contribution < -0.4 is 10.2 Å². The maximum atomic E-state index is 10.3. The molecule has 0 amide bonds. The van der Waals surface area contributed by atoms with E-state index in [1.54, 1.807) is 19.2 Å². The number of benzene rings is 2. The average molecular weight is 330 g/mol. The molecular formula is C18H20ClN3O. The largest absolute Gasteiger partial charge is 0.387 e. The molecule has 2 aromatic rings. The highest BCUT2D eigenvalue weighted by Crippen LogP contribution is 2.27. The van der Waals surface area contributed by atoms with E-state index < -0.39 is 6.10 Å². The molecule has 1 aliphatic rings. The number of nitrogens with zero attached hydrogens (tertiary/aromatic N) is 2. The lowest BCUT2D eigenvalue weighted by Crippen LogP contribution is -2.42. The van der Waals surface area contributed by atoms with Crippen molar-refractivity contribution in [2.45, 2.75) is 12.5 Å². The number of halogens is 1. The number of anilines is 1. The van der Waals surface area contributed by atoms with E-state index in [0.717, 1.165) is 24.5 Å². The molecule has 2 aromatic carbocycles. The second kappa shape index (κ2) is 7.02. The van der Waals surface area contributed by atoms with Crippen LogP contribution in [0.1, 0.15) is 17.2 Å². The highest BCUT2D eigenvalue weighted by molar-refractivity contribution is 6.30. The number of aliphatic hydroxyl groups is 1. The van der Waals surface area contributed by atoms with Gasteiger partial charge in [0.25, 0.3) is 0 Å². The maximum Gasteiger partial charge on any atom is 0.198 e. The van der Waals surface area contributed by atoms with E-state index >= 15 is 0 Å². The van der Waals surface area contributed by atoms with Gasteiger partial charge in [-0.1, -0.05) is 41.9 Å². The quantitative estimate of drug-likeness (QED) is 0.672. The topological polar surface area (TPSA) is 47.9 Å². The Morgan fingerprint density at radius 3 is 2.91 bits per heavy atom. The van der Waals surface area contributed by atoms with Gasteiger partial charge in [-0.3, -0.25) is 4.99 Å². The van der Waals surface area contributed by atoms with Gasteiger partial charge in [-0.15, -0.1) is 0 Å². The van der Waals surface area contributed by atoms with Crippen LogP contribution in [0, 0.1) is 0 Å². The first-order valence-corrected chi connectivity index (χ1v) is 8.06. The zero-order chi connectivity index (χ0) is 16.2. The normalized spacial score (nSPS) is 15.4. The second-order valence-electron chi connectivity index (χ2n) is 5.53. The smallest absolute Gasteiger partial charge is 0.198 e. The van der Waals surface area contributed by atoms with E-state index in [-0.39, 0.29) is 0 Å². The number of aliphatic hydroxyl groups excluding tert-OH is 1. The number of hydrogen-bond acceptors (Lipinski definition) is 2. The van der Waals surface area contributed by atoms with Crippen molar-refractivity contribution in [1.82, 2.24) is 5.32 Å². The Labute approximate surface area is 141 Å². The van der Waals surface area contributed by atoms with E-state index in [9.17, 15) is 5.11 Å². The van der Waals surface area contributed by atoms with Crippen LogP contribution in [0.3, 0.4) is 0 Å². The highest BCUT2D eigenvalue weighted by Gasteiger charge is 2.22. The summed E-state index contributed by atoms with van der Waals surface area (Å²) in [6.45, 7) is 1.28. The summed E-state index contributed by atoms with van der Waals surface area (Å²) >= 11 is 5.98. The van der Waals surface area contributed by atoms with Gasteiger partial charge in [0.1, 0.15) is 0 Å². The molecule has 5 heteroatoms. The Bertz CT molecular complexity index is 717. The molecule has 120 valence electrons. The van der Waals surface area contributed by atoms with Crippen LogP contribution in [0.2, 0.25) is 5.02 Å². The van der Waals surface area contributed by atoms with Gasteiger partial charge in [0.15, 0.2) is 5.96 Å². The minimum absolute atomic E-state index is 0.381. The Balaban J connectivity index is 1.67. The summed E-state index contributed by atoms with van der Waals surface area (Å²) in [4.78, 5) is 6.50. The Morgan fingerprint density at radius 1 is 1.30 bits per heavy atom. The number of aliphatic imine (C=N–C) groups is 1. The number of para-hydroxylation sites is 1.